The maximum atomic E-state index is 11.6. The van der Waals surface area contributed by atoms with Crippen LogP contribution in [0.1, 0.15) is 27.2 Å². The molecule has 0 aromatic heterocycles. The fourth-order valence-electron chi connectivity index (χ4n) is 1.18. The molecule has 3 nitrogen and oxygen atoms in total. The van der Waals surface area contributed by atoms with Crippen molar-refractivity contribution in [2.75, 3.05) is 13.1 Å². The van der Waals surface area contributed by atoms with Gasteiger partial charge in [0.2, 0.25) is 5.91 Å². The van der Waals surface area contributed by atoms with Crippen LogP contribution in [0.15, 0.2) is 0 Å². The summed E-state index contributed by atoms with van der Waals surface area (Å²) in [6.07, 6.45) is 0.388. The first-order valence-electron chi connectivity index (χ1n) is 4.82. The number of rotatable bonds is 5. The zero-order valence-electron chi connectivity index (χ0n) is 9.03. The van der Waals surface area contributed by atoms with E-state index in [2.05, 4.69) is 26.5 Å². The van der Waals surface area contributed by atoms with Crippen LogP contribution in [-0.2, 0) is 4.79 Å². The molecule has 0 aliphatic rings. The minimum atomic E-state index is -0.285. The summed E-state index contributed by atoms with van der Waals surface area (Å²) in [5.41, 5.74) is 0. The molecule has 0 N–H and O–H groups in total. The lowest BCUT2D eigenvalue weighted by Crippen LogP contribution is -2.38. The molecule has 14 heavy (non-hydrogen) atoms. The van der Waals surface area contributed by atoms with Crippen LogP contribution in [0.3, 0.4) is 0 Å². The van der Waals surface area contributed by atoms with Gasteiger partial charge in [-0.2, -0.15) is 17.9 Å². The van der Waals surface area contributed by atoms with Gasteiger partial charge < -0.3 is 4.90 Å². The predicted molar refractivity (Wildman–Crippen MR) is 60.1 cm³/mol. The molecule has 4 heteroatoms. The molecule has 0 aromatic rings. The van der Waals surface area contributed by atoms with Crippen LogP contribution in [0.5, 0.6) is 0 Å². The van der Waals surface area contributed by atoms with E-state index in [-0.39, 0.29) is 11.2 Å². The quantitative estimate of drug-likeness (QED) is 0.708. The first-order valence-corrected chi connectivity index (χ1v) is 5.34. The summed E-state index contributed by atoms with van der Waals surface area (Å²) < 4.78 is 0. The van der Waals surface area contributed by atoms with Gasteiger partial charge in [0.25, 0.3) is 0 Å². The molecule has 80 valence electrons. The van der Waals surface area contributed by atoms with E-state index in [1.54, 1.807) is 11.8 Å². The SMILES string of the molecule is CC(C)CN(CCC#N)C(=O)C(C)S. The van der Waals surface area contributed by atoms with Crippen LogP contribution < -0.4 is 0 Å². The largest absolute Gasteiger partial charge is 0.340 e. The van der Waals surface area contributed by atoms with Crippen LogP contribution in [-0.4, -0.2) is 29.1 Å². The second-order valence-corrected chi connectivity index (χ2v) is 4.54. The molecule has 0 fully saturated rings. The molecule has 0 rings (SSSR count). The van der Waals surface area contributed by atoms with Crippen molar-refractivity contribution in [2.45, 2.75) is 32.4 Å². The molecule has 0 aromatic carbocycles. The number of nitrogens with zero attached hydrogens (tertiary/aromatic N) is 2. The third-order valence-corrected chi connectivity index (χ3v) is 1.97. The van der Waals surface area contributed by atoms with Crippen molar-refractivity contribution in [3.8, 4) is 6.07 Å². The van der Waals surface area contributed by atoms with E-state index in [1.165, 1.54) is 0 Å². The van der Waals surface area contributed by atoms with E-state index < -0.39 is 0 Å². The number of carbonyl (C=O) groups excluding carboxylic acids is 1. The summed E-state index contributed by atoms with van der Waals surface area (Å²) in [4.78, 5) is 13.3. The van der Waals surface area contributed by atoms with Gasteiger partial charge >= 0.3 is 0 Å². The first kappa shape index (κ1) is 13.3. The molecule has 1 atom stereocenters. The summed E-state index contributed by atoms with van der Waals surface area (Å²) in [6.45, 7) is 7.07. The maximum Gasteiger partial charge on any atom is 0.235 e. The molecule has 0 bridgehead atoms. The van der Waals surface area contributed by atoms with Crippen molar-refractivity contribution in [1.29, 1.82) is 5.26 Å². The Morgan fingerprint density at radius 3 is 2.43 bits per heavy atom. The standard InChI is InChI=1S/C10H18N2OS/c1-8(2)7-12(6-4-5-11)10(13)9(3)14/h8-9,14H,4,6-7H2,1-3H3. The summed E-state index contributed by atoms with van der Waals surface area (Å²) in [5, 5.41) is 8.18. The number of hydrogen-bond donors (Lipinski definition) is 1. The highest BCUT2D eigenvalue weighted by Crippen LogP contribution is 2.05. The van der Waals surface area contributed by atoms with Crippen LogP contribution in [0.2, 0.25) is 0 Å². The molecule has 0 radical (unpaired) electrons. The zero-order chi connectivity index (χ0) is 11.1. The van der Waals surface area contributed by atoms with Gasteiger partial charge in [-0.3, -0.25) is 4.79 Å². The van der Waals surface area contributed by atoms with Gasteiger partial charge in [-0.1, -0.05) is 13.8 Å². The Kier molecular flexibility index (Phi) is 6.39. The van der Waals surface area contributed by atoms with Gasteiger partial charge in [-0.25, -0.2) is 0 Å². The highest BCUT2D eigenvalue weighted by molar-refractivity contribution is 7.81. The summed E-state index contributed by atoms with van der Waals surface area (Å²) in [6, 6.07) is 2.05. The Bertz CT molecular complexity index is 221. The van der Waals surface area contributed by atoms with E-state index in [0.29, 0.717) is 25.4 Å². The lowest BCUT2D eigenvalue weighted by atomic mass is 10.2. The zero-order valence-corrected chi connectivity index (χ0v) is 9.92. The number of hydrogen-bond acceptors (Lipinski definition) is 3. The van der Waals surface area contributed by atoms with Crippen molar-refractivity contribution in [2.24, 2.45) is 5.92 Å². The number of carbonyl (C=O) groups is 1. The van der Waals surface area contributed by atoms with Crippen LogP contribution in [0.25, 0.3) is 0 Å². The smallest absolute Gasteiger partial charge is 0.235 e. The summed E-state index contributed by atoms with van der Waals surface area (Å²) >= 11 is 4.10. The average Bonchev–Trinajstić information content (AvgIpc) is 2.10. The molecule has 0 saturated heterocycles. The van der Waals surface area contributed by atoms with Gasteiger partial charge in [-0.05, 0) is 12.8 Å². The van der Waals surface area contributed by atoms with Crippen molar-refractivity contribution in [3.63, 3.8) is 0 Å². The van der Waals surface area contributed by atoms with Gasteiger partial charge in [-0.15, -0.1) is 0 Å². The van der Waals surface area contributed by atoms with Gasteiger partial charge in [0.05, 0.1) is 17.7 Å². The average molecular weight is 214 g/mol. The third kappa shape index (κ3) is 5.13. The molecule has 0 aliphatic heterocycles. The Morgan fingerprint density at radius 2 is 2.07 bits per heavy atom. The lowest BCUT2D eigenvalue weighted by molar-refractivity contribution is -0.130. The molecule has 0 saturated carbocycles. The van der Waals surface area contributed by atoms with E-state index in [4.69, 9.17) is 5.26 Å². The van der Waals surface area contributed by atoms with Crippen LogP contribution in [0, 0.1) is 17.2 Å². The van der Waals surface area contributed by atoms with Gasteiger partial charge in [0, 0.05) is 13.1 Å². The van der Waals surface area contributed by atoms with Crippen molar-refractivity contribution >= 4 is 18.5 Å². The molecule has 0 spiro atoms. The second-order valence-electron chi connectivity index (χ2n) is 3.76. The monoisotopic (exact) mass is 214 g/mol. The van der Waals surface area contributed by atoms with Crippen molar-refractivity contribution in [1.82, 2.24) is 4.90 Å². The van der Waals surface area contributed by atoms with E-state index in [9.17, 15) is 4.79 Å². The maximum absolute atomic E-state index is 11.6. The van der Waals surface area contributed by atoms with Crippen LogP contribution in [0.4, 0.5) is 0 Å². The summed E-state index contributed by atoms with van der Waals surface area (Å²) in [5.74, 6) is 0.432. The Hall–Kier alpha value is -0.690. The fraction of sp³-hybridized carbons (Fsp3) is 0.800. The number of amides is 1. The minimum Gasteiger partial charge on any atom is -0.340 e. The first-order chi connectivity index (χ1) is 6.49. The minimum absolute atomic E-state index is 0.0114. The highest BCUT2D eigenvalue weighted by atomic mass is 32.1. The Balaban J connectivity index is 4.24. The summed E-state index contributed by atoms with van der Waals surface area (Å²) in [7, 11) is 0. The number of nitriles is 1. The van der Waals surface area contributed by atoms with E-state index in [1.807, 2.05) is 6.07 Å². The molecule has 0 heterocycles. The normalized spacial score (nSPS) is 12.3. The topological polar surface area (TPSA) is 44.1 Å². The van der Waals surface area contributed by atoms with Crippen LogP contribution >= 0.6 is 12.6 Å². The molecule has 1 unspecified atom stereocenters. The Labute approximate surface area is 91.5 Å². The highest BCUT2D eigenvalue weighted by Gasteiger charge is 2.17. The van der Waals surface area contributed by atoms with Gasteiger partial charge in [0.1, 0.15) is 0 Å². The van der Waals surface area contributed by atoms with Crippen molar-refractivity contribution in [3.05, 3.63) is 0 Å². The predicted octanol–water partition coefficient (Wildman–Crippen LogP) is 1.70. The molecule has 1 amide bonds. The second kappa shape index (κ2) is 6.72. The molecular formula is C10H18N2OS. The van der Waals surface area contributed by atoms with E-state index in [0.717, 1.165) is 0 Å². The fourth-order valence-corrected chi connectivity index (χ4v) is 1.34. The van der Waals surface area contributed by atoms with Crippen molar-refractivity contribution < 1.29 is 4.79 Å². The van der Waals surface area contributed by atoms with Gasteiger partial charge in [0.15, 0.2) is 0 Å². The number of thiol groups is 1. The molecular weight excluding hydrogens is 196 g/mol. The lowest BCUT2D eigenvalue weighted by Gasteiger charge is -2.25. The molecule has 0 aliphatic carbocycles. The Morgan fingerprint density at radius 1 is 1.50 bits per heavy atom. The third-order valence-electron chi connectivity index (χ3n) is 1.75. The van der Waals surface area contributed by atoms with E-state index >= 15 is 0 Å².